The first-order valence-corrected chi connectivity index (χ1v) is 8.17. The van der Waals surface area contributed by atoms with Crippen molar-refractivity contribution in [2.75, 3.05) is 50.9 Å². The molecule has 0 saturated carbocycles. The minimum absolute atomic E-state index is 0.195. The van der Waals surface area contributed by atoms with Gasteiger partial charge in [-0.05, 0) is 19.1 Å². The van der Waals surface area contributed by atoms with Gasteiger partial charge in [-0.2, -0.15) is 0 Å². The van der Waals surface area contributed by atoms with Crippen LogP contribution in [-0.4, -0.2) is 67.9 Å². The lowest BCUT2D eigenvalue weighted by molar-refractivity contribution is 0.00528. The zero-order chi connectivity index (χ0) is 16.1. The summed E-state index contributed by atoms with van der Waals surface area (Å²) < 4.78 is 10.9. The normalized spacial score (nSPS) is 23.2. The maximum atomic E-state index is 6.10. The van der Waals surface area contributed by atoms with Crippen molar-refractivity contribution < 1.29 is 9.47 Å². The van der Waals surface area contributed by atoms with E-state index in [-0.39, 0.29) is 6.10 Å². The van der Waals surface area contributed by atoms with Gasteiger partial charge in [-0.3, -0.25) is 0 Å². The van der Waals surface area contributed by atoms with E-state index in [0.29, 0.717) is 19.1 Å². The topological polar surface area (TPSA) is 76.2 Å². The number of hydrogen-bond donors (Lipinski definition) is 1. The summed E-state index contributed by atoms with van der Waals surface area (Å²) in [6.45, 7) is 8.10. The molecule has 0 aliphatic carbocycles. The standard InChI is InChI=1S/C16H25N5O2/c1-13-12-21(7-10-23-13)16(17)18-11-14-3-2-4-15(19-14)20-5-8-22-9-6-20/h2-4,13H,5-12H2,1H3,(H2,17,18). The molecular formula is C16H25N5O2. The first-order valence-electron chi connectivity index (χ1n) is 8.17. The Morgan fingerprint density at radius 3 is 2.91 bits per heavy atom. The highest BCUT2D eigenvalue weighted by molar-refractivity contribution is 5.78. The first-order chi connectivity index (χ1) is 11.2. The lowest BCUT2D eigenvalue weighted by Gasteiger charge is -2.31. The first kappa shape index (κ1) is 16.0. The number of morpholine rings is 2. The highest BCUT2D eigenvalue weighted by Gasteiger charge is 2.18. The fraction of sp³-hybridized carbons (Fsp3) is 0.625. The number of pyridine rings is 1. The van der Waals surface area contributed by atoms with E-state index < -0.39 is 0 Å². The van der Waals surface area contributed by atoms with E-state index in [2.05, 4.69) is 14.8 Å². The van der Waals surface area contributed by atoms with Crippen molar-refractivity contribution in [3.8, 4) is 0 Å². The molecule has 2 saturated heterocycles. The van der Waals surface area contributed by atoms with Crippen LogP contribution in [0.3, 0.4) is 0 Å². The van der Waals surface area contributed by atoms with Gasteiger partial charge in [0.25, 0.3) is 0 Å². The van der Waals surface area contributed by atoms with Gasteiger partial charge in [0.15, 0.2) is 5.96 Å². The Morgan fingerprint density at radius 1 is 1.30 bits per heavy atom. The van der Waals surface area contributed by atoms with Crippen molar-refractivity contribution >= 4 is 11.8 Å². The van der Waals surface area contributed by atoms with Crippen LogP contribution < -0.4 is 10.6 Å². The molecule has 2 N–H and O–H groups in total. The van der Waals surface area contributed by atoms with Crippen LogP contribution in [0.2, 0.25) is 0 Å². The molecule has 7 nitrogen and oxygen atoms in total. The zero-order valence-electron chi connectivity index (χ0n) is 13.6. The second kappa shape index (κ2) is 7.61. The third kappa shape index (κ3) is 4.33. The van der Waals surface area contributed by atoms with Crippen molar-refractivity contribution in [2.45, 2.75) is 19.6 Å². The van der Waals surface area contributed by atoms with Crippen LogP contribution in [0.4, 0.5) is 5.82 Å². The van der Waals surface area contributed by atoms with Gasteiger partial charge in [0, 0.05) is 26.2 Å². The summed E-state index contributed by atoms with van der Waals surface area (Å²) >= 11 is 0. The third-order valence-corrected chi connectivity index (χ3v) is 4.10. The Hall–Kier alpha value is -1.86. The minimum atomic E-state index is 0.195. The van der Waals surface area contributed by atoms with Crippen LogP contribution in [0.1, 0.15) is 12.6 Å². The molecule has 0 bridgehead atoms. The molecule has 126 valence electrons. The Labute approximate surface area is 137 Å². The van der Waals surface area contributed by atoms with Gasteiger partial charge >= 0.3 is 0 Å². The number of ether oxygens (including phenoxy) is 2. The second-order valence-electron chi connectivity index (χ2n) is 5.89. The summed E-state index contributed by atoms with van der Waals surface area (Å²) in [5, 5.41) is 0. The molecule has 1 unspecified atom stereocenters. The molecule has 0 amide bonds. The summed E-state index contributed by atoms with van der Waals surface area (Å²) in [5.41, 5.74) is 7.03. The number of anilines is 1. The number of hydrogen-bond acceptors (Lipinski definition) is 5. The molecule has 2 fully saturated rings. The van der Waals surface area contributed by atoms with Gasteiger partial charge in [-0.1, -0.05) is 6.07 Å². The SMILES string of the molecule is CC1CN(C(N)=NCc2cccc(N3CCOCC3)n2)CCO1. The summed E-state index contributed by atoms with van der Waals surface area (Å²) in [6.07, 6.45) is 0.195. The number of guanidine groups is 1. The van der Waals surface area contributed by atoms with Crippen molar-refractivity contribution in [1.29, 1.82) is 0 Å². The molecule has 1 aromatic heterocycles. The molecule has 23 heavy (non-hydrogen) atoms. The van der Waals surface area contributed by atoms with E-state index in [1.54, 1.807) is 0 Å². The smallest absolute Gasteiger partial charge is 0.191 e. The molecule has 2 aliphatic heterocycles. The number of rotatable bonds is 3. The molecule has 0 aromatic carbocycles. The van der Waals surface area contributed by atoms with E-state index in [4.69, 9.17) is 20.2 Å². The molecule has 3 rings (SSSR count). The molecule has 7 heteroatoms. The van der Waals surface area contributed by atoms with Gasteiger partial charge < -0.3 is 25.0 Å². The van der Waals surface area contributed by atoms with Gasteiger partial charge in [0.1, 0.15) is 5.82 Å². The molecular weight excluding hydrogens is 294 g/mol. The Bertz CT molecular complexity index is 545. The van der Waals surface area contributed by atoms with Crippen LogP contribution in [0.5, 0.6) is 0 Å². The largest absolute Gasteiger partial charge is 0.378 e. The van der Waals surface area contributed by atoms with Gasteiger partial charge in [-0.25, -0.2) is 9.98 Å². The summed E-state index contributed by atoms with van der Waals surface area (Å²) in [5.74, 6) is 1.55. The van der Waals surface area contributed by atoms with Crippen LogP contribution in [0.25, 0.3) is 0 Å². The van der Waals surface area contributed by atoms with Crippen LogP contribution in [0, 0.1) is 0 Å². The second-order valence-corrected chi connectivity index (χ2v) is 5.89. The average Bonchev–Trinajstić information content (AvgIpc) is 2.61. The number of aliphatic imine (C=N–C) groups is 1. The van der Waals surface area contributed by atoms with E-state index in [1.807, 2.05) is 25.1 Å². The zero-order valence-corrected chi connectivity index (χ0v) is 13.6. The van der Waals surface area contributed by atoms with Crippen molar-refractivity contribution in [3.63, 3.8) is 0 Å². The predicted molar refractivity (Wildman–Crippen MR) is 89.6 cm³/mol. The quantitative estimate of drug-likeness (QED) is 0.644. The molecule has 0 radical (unpaired) electrons. The summed E-state index contributed by atoms with van der Waals surface area (Å²) in [4.78, 5) is 13.5. The third-order valence-electron chi connectivity index (χ3n) is 4.10. The average molecular weight is 319 g/mol. The summed E-state index contributed by atoms with van der Waals surface area (Å²) in [6, 6.07) is 6.05. The minimum Gasteiger partial charge on any atom is -0.378 e. The van der Waals surface area contributed by atoms with Crippen molar-refractivity contribution in [2.24, 2.45) is 10.7 Å². The fourth-order valence-corrected chi connectivity index (χ4v) is 2.81. The molecule has 1 atom stereocenters. The van der Waals surface area contributed by atoms with E-state index >= 15 is 0 Å². The van der Waals surface area contributed by atoms with Crippen molar-refractivity contribution in [1.82, 2.24) is 9.88 Å². The number of aromatic nitrogens is 1. The van der Waals surface area contributed by atoms with Crippen LogP contribution in [0.15, 0.2) is 23.2 Å². The molecule has 2 aliphatic rings. The predicted octanol–water partition coefficient (Wildman–Crippen LogP) is 0.454. The van der Waals surface area contributed by atoms with E-state index in [9.17, 15) is 0 Å². The van der Waals surface area contributed by atoms with E-state index in [1.165, 1.54) is 0 Å². The number of nitrogens with zero attached hydrogens (tertiary/aromatic N) is 4. The maximum Gasteiger partial charge on any atom is 0.191 e. The fourth-order valence-electron chi connectivity index (χ4n) is 2.81. The van der Waals surface area contributed by atoms with Gasteiger partial charge in [0.2, 0.25) is 0 Å². The maximum absolute atomic E-state index is 6.10. The Balaban J connectivity index is 1.62. The lowest BCUT2D eigenvalue weighted by atomic mass is 10.3. The van der Waals surface area contributed by atoms with Crippen molar-refractivity contribution in [3.05, 3.63) is 23.9 Å². The Kier molecular flexibility index (Phi) is 5.30. The molecule has 1 aromatic rings. The lowest BCUT2D eigenvalue weighted by Crippen LogP contribution is -2.47. The highest BCUT2D eigenvalue weighted by atomic mass is 16.5. The monoisotopic (exact) mass is 319 g/mol. The molecule has 0 spiro atoms. The number of nitrogens with two attached hydrogens (primary N) is 1. The van der Waals surface area contributed by atoms with Crippen LogP contribution in [-0.2, 0) is 16.0 Å². The highest BCUT2D eigenvalue weighted by Crippen LogP contribution is 2.14. The van der Waals surface area contributed by atoms with Crippen LogP contribution >= 0.6 is 0 Å². The van der Waals surface area contributed by atoms with Gasteiger partial charge in [-0.15, -0.1) is 0 Å². The van der Waals surface area contributed by atoms with Gasteiger partial charge in [0.05, 0.1) is 38.2 Å². The van der Waals surface area contributed by atoms with E-state index in [0.717, 1.165) is 50.9 Å². The summed E-state index contributed by atoms with van der Waals surface area (Å²) in [7, 11) is 0. The molecule has 3 heterocycles. The Morgan fingerprint density at radius 2 is 2.13 bits per heavy atom.